The number of aromatic nitrogens is 2. The van der Waals surface area contributed by atoms with E-state index in [9.17, 15) is 4.79 Å². The summed E-state index contributed by atoms with van der Waals surface area (Å²) in [5, 5.41) is 4.04. The van der Waals surface area contributed by atoms with Crippen LogP contribution in [-0.2, 0) is 6.54 Å². The van der Waals surface area contributed by atoms with Crippen LogP contribution in [0.5, 0.6) is 0 Å². The van der Waals surface area contributed by atoms with Crippen molar-refractivity contribution in [3.63, 3.8) is 0 Å². The maximum Gasteiger partial charge on any atom is 0.293 e. The van der Waals surface area contributed by atoms with Gasteiger partial charge in [0.25, 0.3) is 5.91 Å². The molecule has 0 radical (unpaired) electrons. The van der Waals surface area contributed by atoms with Crippen LogP contribution in [0.1, 0.15) is 53.3 Å². The molecular formula is C20H21N3O2. The van der Waals surface area contributed by atoms with E-state index in [4.69, 9.17) is 4.52 Å². The van der Waals surface area contributed by atoms with Crippen molar-refractivity contribution in [3.05, 3.63) is 77.4 Å². The van der Waals surface area contributed by atoms with E-state index in [0.29, 0.717) is 12.3 Å². The van der Waals surface area contributed by atoms with E-state index in [2.05, 4.69) is 34.1 Å². The molecule has 0 bridgehead atoms. The number of carbonyl (C=O) groups excluding carboxylic acids is 1. The summed E-state index contributed by atoms with van der Waals surface area (Å²) >= 11 is 0. The van der Waals surface area contributed by atoms with Gasteiger partial charge in [0.15, 0.2) is 0 Å². The van der Waals surface area contributed by atoms with E-state index in [0.717, 1.165) is 23.5 Å². The molecule has 0 N–H and O–H groups in total. The molecule has 0 saturated heterocycles. The molecule has 0 saturated carbocycles. The van der Waals surface area contributed by atoms with Crippen LogP contribution in [0.3, 0.4) is 0 Å². The topological polar surface area (TPSA) is 51.3 Å². The zero-order chi connectivity index (χ0) is 17.4. The highest BCUT2D eigenvalue weighted by Crippen LogP contribution is 2.33. The number of benzene rings is 1. The molecule has 0 aliphatic carbocycles. The average Bonchev–Trinajstić information content (AvgIpc) is 3.30. The van der Waals surface area contributed by atoms with E-state index in [-0.39, 0.29) is 17.9 Å². The van der Waals surface area contributed by atoms with Gasteiger partial charge < -0.3 is 14.0 Å². The third kappa shape index (κ3) is 2.76. The molecule has 1 aliphatic rings. The lowest BCUT2D eigenvalue weighted by Gasteiger charge is -2.36. The standard InChI is InChI=1S/C20H21N3O2/c1-14(2)16-13-18(25-21-16)20(24)23-12-11-22-10-6-9-17(22)19(23)15-7-4-3-5-8-15/h3-10,13-14,19H,11-12H2,1-2H3. The largest absolute Gasteiger partial charge is 0.351 e. The first-order chi connectivity index (χ1) is 12.1. The van der Waals surface area contributed by atoms with Crippen LogP contribution >= 0.6 is 0 Å². The van der Waals surface area contributed by atoms with Crippen molar-refractivity contribution >= 4 is 5.91 Å². The fraction of sp³-hybridized carbons (Fsp3) is 0.300. The minimum absolute atomic E-state index is 0.110. The quantitative estimate of drug-likeness (QED) is 0.730. The molecule has 5 heteroatoms. The van der Waals surface area contributed by atoms with Crippen molar-refractivity contribution in [2.24, 2.45) is 0 Å². The average molecular weight is 335 g/mol. The van der Waals surface area contributed by atoms with Crippen LogP contribution in [0.25, 0.3) is 0 Å². The fourth-order valence-electron chi connectivity index (χ4n) is 3.39. The third-order valence-electron chi connectivity index (χ3n) is 4.75. The molecule has 3 aromatic rings. The predicted octanol–water partition coefficient (Wildman–Crippen LogP) is 3.84. The summed E-state index contributed by atoms with van der Waals surface area (Å²) in [7, 11) is 0. The van der Waals surface area contributed by atoms with Gasteiger partial charge in [0.2, 0.25) is 5.76 Å². The van der Waals surface area contributed by atoms with Crippen LogP contribution in [-0.4, -0.2) is 27.1 Å². The second kappa shape index (κ2) is 6.24. The summed E-state index contributed by atoms with van der Waals surface area (Å²) in [5.41, 5.74) is 3.02. The van der Waals surface area contributed by atoms with Crippen molar-refractivity contribution in [3.8, 4) is 0 Å². The number of carbonyl (C=O) groups is 1. The van der Waals surface area contributed by atoms with Crippen LogP contribution in [0.15, 0.2) is 59.3 Å². The molecule has 5 nitrogen and oxygen atoms in total. The van der Waals surface area contributed by atoms with Gasteiger partial charge in [-0.15, -0.1) is 0 Å². The zero-order valence-electron chi connectivity index (χ0n) is 14.4. The Hall–Kier alpha value is -2.82. The first-order valence-corrected chi connectivity index (χ1v) is 8.62. The molecule has 25 heavy (non-hydrogen) atoms. The van der Waals surface area contributed by atoms with Crippen molar-refractivity contribution in [2.45, 2.75) is 32.4 Å². The summed E-state index contributed by atoms with van der Waals surface area (Å²) in [5.74, 6) is 0.430. The van der Waals surface area contributed by atoms with E-state index >= 15 is 0 Å². The van der Waals surface area contributed by atoms with E-state index in [1.54, 1.807) is 6.07 Å². The van der Waals surface area contributed by atoms with Gasteiger partial charge in [-0.2, -0.15) is 0 Å². The first-order valence-electron chi connectivity index (χ1n) is 8.62. The van der Waals surface area contributed by atoms with Crippen LogP contribution in [0, 0.1) is 0 Å². The minimum Gasteiger partial charge on any atom is -0.351 e. The summed E-state index contributed by atoms with van der Waals surface area (Å²) in [6.45, 7) is 5.49. The van der Waals surface area contributed by atoms with Gasteiger partial charge in [-0.1, -0.05) is 49.3 Å². The highest BCUT2D eigenvalue weighted by atomic mass is 16.5. The molecule has 128 valence electrons. The maximum atomic E-state index is 13.1. The van der Waals surface area contributed by atoms with Gasteiger partial charge in [-0.25, -0.2) is 0 Å². The van der Waals surface area contributed by atoms with Crippen molar-refractivity contribution < 1.29 is 9.32 Å². The molecule has 1 aliphatic heterocycles. The van der Waals surface area contributed by atoms with Gasteiger partial charge in [-0.05, 0) is 23.6 Å². The van der Waals surface area contributed by atoms with Gasteiger partial charge >= 0.3 is 0 Å². The minimum atomic E-state index is -0.120. The Labute approximate surface area is 146 Å². The predicted molar refractivity (Wildman–Crippen MR) is 94.3 cm³/mol. The summed E-state index contributed by atoms with van der Waals surface area (Å²) in [4.78, 5) is 15.0. The smallest absolute Gasteiger partial charge is 0.293 e. The molecule has 1 atom stereocenters. The Morgan fingerprint density at radius 1 is 1.16 bits per heavy atom. The van der Waals surface area contributed by atoms with Crippen LogP contribution in [0.2, 0.25) is 0 Å². The molecule has 0 spiro atoms. The van der Waals surface area contributed by atoms with E-state index < -0.39 is 0 Å². The SMILES string of the molecule is CC(C)c1cc(C(=O)N2CCn3cccc3C2c2ccccc2)on1. The van der Waals surface area contributed by atoms with Crippen LogP contribution in [0.4, 0.5) is 0 Å². The molecule has 1 aromatic carbocycles. The normalized spacial score (nSPS) is 16.9. The molecule has 1 unspecified atom stereocenters. The van der Waals surface area contributed by atoms with Crippen molar-refractivity contribution in [1.82, 2.24) is 14.6 Å². The third-order valence-corrected chi connectivity index (χ3v) is 4.75. The molecular weight excluding hydrogens is 314 g/mol. The van der Waals surface area contributed by atoms with Crippen LogP contribution < -0.4 is 0 Å². The highest BCUT2D eigenvalue weighted by Gasteiger charge is 2.34. The summed E-state index contributed by atoms with van der Waals surface area (Å²) < 4.78 is 7.56. The molecule has 3 heterocycles. The Morgan fingerprint density at radius 3 is 2.68 bits per heavy atom. The second-order valence-electron chi connectivity index (χ2n) is 6.71. The Kier molecular flexibility index (Phi) is 3.92. The second-order valence-corrected chi connectivity index (χ2v) is 6.71. The zero-order valence-corrected chi connectivity index (χ0v) is 14.4. The summed E-state index contributed by atoms with van der Waals surface area (Å²) in [6.07, 6.45) is 2.07. The lowest BCUT2D eigenvalue weighted by atomic mass is 9.99. The highest BCUT2D eigenvalue weighted by molar-refractivity contribution is 5.92. The number of hydrogen-bond acceptors (Lipinski definition) is 3. The maximum absolute atomic E-state index is 13.1. The van der Waals surface area contributed by atoms with E-state index in [1.165, 1.54) is 0 Å². The molecule has 1 amide bonds. The van der Waals surface area contributed by atoms with Crippen molar-refractivity contribution in [2.75, 3.05) is 6.54 Å². The molecule has 2 aromatic heterocycles. The Morgan fingerprint density at radius 2 is 1.96 bits per heavy atom. The summed E-state index contributed by atoms with van der Waals surface area (Å²) in [6, 6.07) is 15.9. The number of amides is 1. The Bertz CT molecular complexity index is 879. The van der Waals surface area contributed by atoms with Gasteiger partial charge in [0.1, 0.15) is 0 Å². The van der Waals surface area contributed by atoms with Crippen molar-refractivity contribution in [1.29, 1.82) is 0 Å². The number of nitrogens with zero attached hydrogens (tertiary/aromatic N) is 3. The Balaban J connectivity index is 1.73. The fourth-order valence-corrected chi connectivity index (χ4v) is 3.39. The number of hydrogen-bond donors (Lipinski definition) is 0. The number of rotatable bonds is 3. The molecule has 0 fully saturated rings. The van der Waals surface area contributed by atoms with Gasteiger partial charge in [0, 0.05) is 31.0 Å². The van der Waals surface area contributed by atoms with E-state index in [1.807, 2.05) is 43.0 Å². The van der Waals surface area contributed by atoms with Gasteiger partial charge in [-0.3, -0.25) is 4.79 Å². The first kappa shape index (κ1) is 15.7. The molecule has 4 rings (SSSR count). The lowest BCUT2D eigenvalue weighted by Crippen LogP contribution is -2.42. The lowest BCUT2D eigenvalue weighted by molar-refractivity contribution is 0.0621. The number of fused-ring (bicyclic) bond motifs is 1. The van der Waals surface area contributed by atoms with Gasteiger partial charge in [0.05, 0.1) is 11.7 Å². The monoisotopic (exact) mass is 335 g/mol.